The maximum absolute atomic E-state index is 11.2. The van der Waals surface area contributed by atoms with Crippen LogP contribution in [0.4, 0.5) is 5.82 Å². The number of hydrogen-bond donors (Lipinski definition) is 0. The molecule has 98 valence electrons. The summed E-state index contributed by atoms with van der Waals surface area (Å²) in [6, 6.07) is 2.09. The normalized spacial score (nSPS) is 16.4. The molecular formula is C14H21N3O. The molecule has 0 unspecified atom stereocenters. The lowest BCUT2D eigenvalue weighted by Crippen LogP contribution is -2.34. The monoisotopic (exact) mass is 247 g/mol. The van der Waals surface area contributed by atoms with Crippen LogP contribution >= 0.6 is 0 Å². The Balaban J connectivity index is 2.14. The van der Waals surface area contributed by atoms with Crippen LogP contribution in [0.25, 0.3) is 0 Å². The number of anilines is 1. The van der Waals surface area contributed by atoms with E-state index in [-0.39, 0.29) is 0 Å². The molecule has 1 fully saturated rings. The highest BCUT2D eigenvalue weighted by Gasteiger charge is 2.18. The number of aromatic nitrogens is 2. The van der Waals surface area contributed by atoms with Gasteiger partial charge in [0.05, 0.1) is 0 Å². The molecule has 0 aliphatic carbocycles. The van der Waals surface area contributed by atoms with Crippen molar-refractivity contribution in [3.8, 4) is 0 Å². The number of ketones is 1. The fourth-order valence-corrected chi connectivity index (χ4v) is 2.45. The third kappa shape index (κ3) is 2.86. The van der Waals surface area contributed by atoms with Crippen LogP contribution in [0, 0.1) is 0 Å². The van der Waals surface area contributed by atoms with Crippen LogP contribution in [-0.4, -0.2) is 28.8 Å². The summed E-state index contributed by atoms with van der Waals surface area (Å²) in [5.74, 6) is 1.85. The first kappa shape index (κ1) is 13.0. The molecule has 0 atom stereocenters. The molecule has 2 heterocycles. The molecule has 18 heavy (non-hydrogen) atoms. The summed E-state index contributed by atoms with van der Waals surface area (Å²) >= 11 is 0. The van der Waals surface area contributed by atoms with Crippen molar-refractivity contribution in [3.05, 3.63) is 18.1 Å². The predicted molar refractivity (Wildman–Crippen MR) is 71.8 cm³/mol. The summed E-state index contributed by atoms with van der Waals surface area (Å²) in [6.07, 6.45) is 5.14. The van der Waals surface area contributed by atoms with Crippen molar-refractivity contribution in [2.75, 3.05) is 18.0 Å². The van der Waals surface area contributed by atoms with Crippen LogP contribution in [0.15, 0.2) is 12.4 Å². The Hall–Kier alpha value is -1.45. The van der Waals surface area contributed by atoms with Crippen molar-refractivity contribution < 1.29 is 4.79 Å². The average molecular weight is 247 g/mol. The van der Waals surface area contributed by atoms with E-state index in [0.717, 1.165) is 37.4 Å². The summed E-state index contributed by atoms with van der Waals surface area (Å²) in [4.78, 5) is 22.2. The molecule has 0 spiro atoms. The third-order valence-electron chi connectivity index (χ3n) is 3.72. The van der Waals surface area contributed by atoms with Crippen LogP contribution in [0.1, 0.15) is 51.1 Å². The van der Waals surface area contributed by atoms with Crippen LogP contribution in [0.2, 0.25) is 0 Å². The summed E-state index contributed by atoms with van der Waals surface area (Å²) in [7, 11) is 0. The van der Waals surface area contributed by atoms with E-state index in [0.29, 0.717) is 24.5 Å². The van der Waals surface area contributed by atoms with E-state index in [1.807, 2.05) is 0 Å². The molecule has 0 saturated carbocycles. The van der Waals surface area contributed by atoms with E-state index in [1.165, 1.54) is 0 Å². The number of Topliss-reactive ketones (excluding diaryl/α,β-unsaturated/α-hetero) is 1. The zero-order valence-electron chi connectivity index (χ0n) is 11.2. The van der Waals surface area contributed by atoms with Gasteiger partial charge >= 0.3 is 0 Å². The van der Waals surface area contributed by atoms with Gasteiger partial charge in [-0.25, -0.2) is 9.97 Å². The molecule has 1 aliphatic heterocycles. The van der Waals surface area contributed by atoms with Crippen molar-refractivity contribution >= 4 is 11.6 Å². The molecule has 2 rings (SSSR count). The van der Waals surface area contributed by atoms with E-state index in [9.17, 15) is 4.79 Å². The Morgan fingerprint density at radius 3 is 2.50 bits per heavy atom. The molecule has 1 aromatic heterocycles. The Bertz CT molecular complexity index is 405. The summed E-state index contributed by atoms with van der Waals surface area (Å²) < 4.78 is 0. The first-order valence-electron chi connectivity index (χ1n) is 6.83. The van der Waals surface area contributed by atoms with Gasteiger partial charge < -0.3 is 4.90 Å². The van der Waals surface area contributed by atoms with Gasteiger partial charge in [0, 0.05) is 43.6 Å². The molecule has 0 aromatic carbocycles. The molecule has 1 saturated heterocycles. The highest BCUT2D eigenvalue weighted by Crippen LogP contribution is 2.24. The van der Waals surface area contributed by atoms with Gasteiger partial charge in [-0.1, -0.05) is 13.8 Å². The molecular weight excluding hydrogens is 226 g/mol. The zero-order chi connectivity index (χ0) is 13.0. The quantitative estimate of drug-likeness (QED) is 0.820. The SMILES string of the molecule is CCC(CC)c1cc(N2CCC(=O)CC2)ncn1. The lowest BCUT2D eigenvalue weighted by Gasteiger charge is -2.27. The topological polar surface area (TPSA) is 46.1 Å². The number of rotatable bonds is 4. The minimum absolute atomic E-state index is 0.362. The lowest BCUT2D eigenvalue weighted by atomic mass is 9.99. The Kier molecular flexibility index (Phi) is 4.28. The Morgan fingerprint density at radius 2 is 1.89 bits per heavy atom. The number of carbonyl (C=O) groups is 1. The van der Waals surface area contributed by atoms with Gasteiger partial charge in [-0.15, -0.1) is 0 Å². The van der Waals surface area contributed by atoms with E-state index < -0.39 is 0 Å². The van der Waals surface area contributed by atoms with Gasteiger partial charge in [0.1, 0.15) is 17.9 Å². The lowest BCUT2D eigenvalue weighted by molar-refractivity contribution is -0.119. The second-order valence-corrected chi connectivity index (χ2v) is 4.84. The van der Waals surface area contributed by atoms with Crippen molar-refractivity contribution in [2.24, 2.45) is 0 Å². The molecule has 0 radical (unpaired) electrons. The molecule has 0 amide bonds. The molecule has 0 bridgehead atoms. The molecule has 4 nitrogen and oxygen atoms in total. The van der Waals surface area contributed by atoms with E-state index >= 15 is 0 Å². The standard InChI is InChI=1S/C14H21N3O/c1-3-11(4-2)13-9-14(16-10-15-13)17-7-5-12(18)6-8-17/h9-11H,3-8H2,1-2H3. The maximum atomic E-state index is 11.2. The highest BCUT2D eigenvalue weighted by molar-refractivity contribution is 5.80. The fraction of sp³-hybridized carbons (Fsp3) is 0.643. The van der Waals surface area contributed by atoms with Crippen LogP contribution < -0.4 is 4.90 Å². The summed E-state index contributed by atoms with van der Waals surface area (Å²) in [6.45, 7) is 5.96. The van der Waals surface area contributed by atoms with Gasteiger partial charge in [0.15, 0.2) is 0 Å². The second-order valence-electron chi connectivity index (χ2n) is 4.84. The van der Waals surface area contributed by atoms with Crippen LogP contribution in [0.3, 0.4) is 0 Å². The van der Waals surface area contributed by atoms with E-state index in [2.05, 4.69) is 34.8 Å². The average Bonchev–Trinajstić information content (AvgIpc) is 2.41. The van der Waals surface area contributed by atoms with Gasteiger partial charge in [-0.05, 0) is 12.8 Å². The van der Waals surface area contributed by atoms with E-state index in [1.54, 1.807) is 6.33 Å². The zero-order valence-corrected chi connectivity index (χ0v) is 11.2. The van der Waals surface area contributed by atoms with Gasteiger partial charge in [0.25, 0.3) is 0 Å². The van der Waals surface area contributed by atoms with Gasteiger partial charge in [-0.3, -0.25) is 4.79 Å². The third-order valence-corrected chi connectivity index (χ3v) is 3.72. The molecule has 1 aliphatic rings. The largest absolute Gasteiger partial charge is 0.356 e. The van der Waals surface area contributed by atoms with Gasteiger partial charge in [-0.2, -0.15) is 0 Å². The van der Waals surface area contributed by atoms with E-state index in [4.69, 9.17) is 0 Å². The Morgan fingerprint density at radius 1 is 1.22 bits per heavy atom. The number of carbonyl (C=O) groups excluding carboxylic acids is 1. The fourth-order valence-electron chi connectivity index (χ4n) is 2.45. The maximum Gasteiger partial charge on any atom is 0.136 e. The van der Waals surface area contributed by atoms with Crippen molar-refractivity contribution in [2.45, 2.75) is 45.4 Å². The highest BCUT2D eigenvalue weighted by atomic mass is 16.1. The number of nitrogens with zero attached hydrogens (tertiary/aromatic N) is 3. The molecule has 1 aromatic rings. The van der Waals surface area contributed by atoms with Crippen molar-refractivity contribution in [1.82, 2.24) is 9.97 Å². The smallest absolute Gasteiger partial charge is 0.136 e. The van der Waals surface area contributed by atoms with Crippen molar-refractivity contribution in [1.29, 1.82) is 0 Å². The van der Waals surface area contributed by atoms with Crippen LogP contribution in [-0.2, 0) is 4.79 Å². The number of hydrogen-bond acceptors (Lipinski definition) is 4. The second kappa shape index (κ2) is 5.94. The first-order chi connectivity index (χ1) is 8.74. The summed E-state index contributed by atoms with van der Waals surface area (Å²) in [5.41, 5.74) is 1.13. The number of piperidine rings is 1. The predicted octanol–water partition coefficient (Wildman–Crippen LogP) is 2.55. The first-order valence-corrected chi connectivity index (χ1v) is 6.83. The van der Waals surface area contributed by atoms with Gasteiger partial charge in [0.2, 0.25) is 0 Å². The van der Waals surface area contributed by atoms with Crippen molar-refractivity contribution in [3.63, 3.8) is 0 Å². The van der Waals surface area contributed by atoms with Crippen LogP contribution in [0.5, 0.6) is 0 Å². The molecule has 4 heteroatoms. The molecule has 0 N–H and O–H groups in total. The minimum atomic E-state index is 0.362. The Labute approximate surface area is 108 Å². The summed E-state index contributed by atoms with van der Waals surface area (Å²) in [5, 5.41) is 0. The minimum Gasteiger partial charge on any atom is -0.356 e.